The van der Waals surface area contributed by atoms with Gasteiger partial charge in [-0.15, -0.1) is 0 Å². The second-order valence-corrected chi connectivity index (χ2v) is 11.9. The molecule has 0 aliphatic carbocycles. The molecule has 2 aromatic carbocycles. The standard InChI is InChI=1S/C26H32N6O5S/c1-30-12-14-31(15-13-30)38(36,37)21-5-2-18(3-6-21)17-32-25(34)22-16-20(4-7-23(22)29-26(32)35)28-24(33)19-8-10-27-11-9-19/h2-7,16,19,27H,8-15,17H2,1H3,(H,28,33)(H,29,35). The van der Waals surface area contributed by atoms with Gasteiger partial charge in [0.1, 0.15) is 0 Å². The summed E-state index contributed by atoms with van der Waals surface area (Å²) in [4.78, 5) is 43.6. The Bertz CT molecular complexity index is 1550. The van der Waals surface area contributed by atoms with Crippen molar-refractivity contribution in [2.75, 3.05) is 51.6 Å². The van der Waals surface area contributed by atoms with E-state index < -0.39 is 21.3 Å². The molecule has 2 saturated heterocycles. The Hall–Kier alpha value is -3.32. The van der Waals surface area contributed by atoms with Crippen LogP contribution in [0.1, 0.15) is 18.4 Å². The van der Waals surface area contributed by atoms with Gasteiger partial charge in [-0.2, -0.15) is 4.31 Å². The zero-order chi connectivity index (χ0) is 26.9. The van der Waals surface area contributed by atoms with E-state index in [1.54, 1.807) is 30.3 Å². The van der Waals surface area contributed by atoms with Crippen molar-refractivity contribution in [3.63, 3.8) is 0 Å². The van der Waals surface area contributed by atoms with Crippen LogP contribution in [0, 0.1) is 5.92 Å². The Morgan fingerprint density at radius 3 is 2.37 bits per heavy atom. The lowest BCUT2D eigenvalue weighted by atomic mass is 9.97. The highest BCUT2D eigenvalue weighted by Crippen LogP contribution is 2.20. The molecular weight excluding hydrogens is 508 g/mol. The minimum Gasteiger partial charge on any atom is -0.326 e. The van der Waals surface area contributed by atoms with Gasteiger partial charge in [-0.25, -0.2) is 13.2 Å². The Morgan fingerprint density at radius 2 is 1.68 bits per heavy atom. The Balaban J connectivity index is 1.36. The summed E-state index contributed by atoms with van der Waals surface area (Å²) in [5, 5.41) is 6.41. The zero-order valence-corrected chi connectivity index (χ0v) is 22.1. The molecule has 11 nitrogen and oxygen atoms in total. The van der Waals surface area contributed by atoms with Crippen LogP contribution >= 0.6 is 0 Å². The number of rotatable bonds is 6. The molecule has 2 aliphatic heterocycles. The number of hydrogen-bond acceptors (Lipinski definition) is 7. The molecule has 2 fully saturated rings. The number of aromatic nitrogens is 2. The molecule has 38 heavy (non-hydrogen) atoms. The van der Waals surface area contributed by atoms with E-state index >= 15 is 0 Å². The van der Waals surface area contributed by atoms with Gasteiger partial charge in [-0.1, -0.05) is 12.1 Å². The van der Waals surface area contributed by atoms with Gasteiger partial charge in [-0.3, -0.25) is 14.2 Å². The number of anilines is 1. The predicted octanol–water partition coefficient (Wildman–Crippen LogP) is 0.612. The summed E-state index contributed by atoms with van der Waals surface area (Å²) in [5.74, 6) is -0.163. The van der Waals surface area contributed by atoms with Gasteiger partial charge in [0, 0.05) is 37.8 Å². The maximum absolute atomic E-state index is 13.3. The number of carbonyl (C=O) groups excluding carboxylic acids is 1. The fourth-order valence-corrected chi connectivity index (χ4v) is 6.35. The normalized spacial score (nSPS) is 18.0. The number of piperidine rings is 1. The first-order chi connectivity index (χ1) is 18.2. The van der Waals surface area contributed by atoms with E-state index in [9.17, 15) is 22.8 Å². The summed E-state index contributed by atoms with van der Waals surface area (Å²) in [6.45, 7) is 3.79. The van der Waals surface area contributed by atoms with Crippen LogP contribution in [-0.2, 0) is 21.4 Å². The van der Waals surface area contributed by atoms with Crippen LogP contribution in [0.15, 0.2) is 56.9 Å². The number of nitrogens with one attached hydrogen (secondary N) is 3. The van der Waals surface area contributed by atoms with Crippen molar-refractivity contribution < 1.29 is 13.2 Å². The highest BCUT2D eigenvalue weighted by Gasteiger charge is 2.27. The number of fused-ring (bicyclic) bond motifs is 1. The molecule has 12 heteroatoms. The molecule has 0 saturated carbocycles. The summed E-state index contributed by atoms with van der Waals surface area (Å²) >= 11 is 0. The van der Waals surface area contributed by atoms with Crippen molar-refractivity contribution in [3.8, 4) is 0 Å². The van der Waals surface area contributed by atoms with Crippen molar-refractivity contribution >= 4 is 32.5 Å². The second kappa shape index (κ2) is 10.8. The van der Waals surface area contributed by atoms with E-state index in [1.807, 2.05) is 7.05 Å². The fraction of sp³-hybridized carbons (Fsp3) is 0.423. The van der Waals surface area contributed by atoms with E-state index in [2.05, 4.69) is 20.5 Å². The van der Waals surface area contributed by atoms with Crippen molar-refractivity contribution in [2.45, 2.75) is 24.3 Å². The van der Waals surface area contributed by atoms with Crippen LogP contribution in [0.2, 0.25) is 0 Å². The molecule has 3 heterocycles. The number of amides is 1. The van der Waals surface area contributed by atoms with E-state index in [1.165, 1.54) is 16.4 Å². The molecule has 1 aromatic heterocycles. The summed E-state index contributed by atoms with van der Waals surface area (Å²) < 4.78 is 28.5. The van der Waals surface area contributed by atoms with Gasteiger partial charge in [-0.05, 0) is 68.9 Å². The van der Waals surface area contributed by atoms with Crippen molar-refractivity contribution in [1.82, 2.24) is 24.1 Å². The molecule has 2 aliphatic rings. The number of benzene rings is 2. The predicted molar refractivity (Wildman–Crippen MR) is 145 cm³/mol. The lowest BCUT2D eigenvalue weighted by Crippen LogP contribution is -2.47. The first-order valence-electron chi connectivity index (χ1n) is 12.8. The average molecular weight is 541 g/mol. The molecule has 0 spiro atoms. The number of likely N-dealkylation sites (N-methyl/N-ethyl adjacent to an activating group) is 1. The highest BCUT2D eigenvalue weighted by atomic mass is 32.2. The van der Waals surface area contributed by atoms with Crippen molar-refractivity contribution in [1.29, 1.82) is 0 Å². The van der Waals surface area contributed by atoms with Crippen LogP contribution in [0.4, 0.5) is 5.69 Å². The zero-order valence-electron chi connectivity index (χ0n) is 21.3. The molecule has 0 bridgehead atoms. The summed E-state index contributed by atoms with van der Waals surface area (Å²) in [6, 6.07) is 11.1. The van der Waals surface area contributed by atoms with Crippen molar-refractivity contribution in [2.24, 2.45) is 5.92 Å². The summed E-state index contributed by atoms with van der Waals surface area (Å²) in [6.07, 6.45) is 1.52. The molecule has 3 N–H and O–H groups in total. The fourth-order valence-electron chi connectivity index (χ4n) is 4.93. The monoisotopic (exact) mass is 540 g/mol. The smallest absolute Gasteiger partial charge is 0.326 e. The van der Waals surface area contributed by atoms with Crippen LogP contribution in [0.5, 0.6) is 0 Å². The number of aromatic amines is 1. The van der Waals surface area contributed by atoms with Gasteiger partial charge in [0.05, 0.1) is 22.3 Å². The molecule has 5 rings (SSSR count). The molecular formula is C26H32N6O5S. The van der Waals surface area contributed by atoms with E-state index in [-0.39, 0.29) is 28.7 Å². The Labute approximate surface area is 220 Å². The third-order valence-corrected chi connectivity index (χ3v) is 9.24. The summed E-state index contributed by atoms with van der Waals surface area (Å²) in [7, 11) is -1.65. The minimum atomic E-state index is -3.61. The molecule has 0 atom stereocenters. The van der Waals surface area contributed by atoms with Crippen LogP contribution < -0.4 is 21.9 Å². The third kappa shape index (κ3) is 5.44. The van der Waals surface area contributed by atoms with Crippen LogP contribution in [0.3, 0.4) is 0 Å². The highest BCUT2D eigenvalue weighted by molar-refractivity contribution is 7.89. The lowest BCUT2D eigenvalue weighted by molar-refractivity contribution is -0.120. The maximum Gasteiger partial charge on any atom is 0.329 e. The number of nitrogens with zero attached hydrogens (tertiary/aromatic N) is 3. The number of hydrogen-bond donors (Lipinski definition) is 3. The molecule has 202 valence electrons. The van der Waals surface area contributed by atoms with Gasteiger partial charge in [0.2, 0.25) is 15.9 Å². The van der Waals surface area contributed by atoms with Crippen LogP contribution in [0.25, 0.3) is 10.9 Å². The van der Waals surface area contributed by atoms with Crippen molar-refractivity contribution in [3.05, 3.63) is 68.9 Å². The first-order valence-corrected chi connectivity index (χ1v) is 14.2. The maximum atomic E-state index is 13.3. The number of H-pyrrole nitrogens is 1. The van der Waals surface area contributed by atoms with E-state index in [4.69, 9.17) is 0 Å². The quantitative estimate of drug-likeness (QED) is 0.417. The number of sulfonamides is 1. The third-order valence-electron chi connectivity index (χ3n) is 7.32. The molecule has 0 radical (unpaired) electrons. The second-order valence-electron chi connectivity index (χ2n) is 9.95. The van der Waals surface area contributed by atoms with Gasteiger partial charge < -0.3 is 20.5 Å². The van der Waals surface area contributed by atoms with Crippen LogP contribution in [-0.4, -0.2) is 79.4 Å². The molecule has 0 unspecified atom stereocenters. The first kappa shape index (κ1) is 26.3. The molecule has 1 amide bonds. The topological polar surface area (TPSA) is 137 Å². The Kier molecular flexibility index (Phi) is 7.48. The Morgan fingerprint density at radius 1 is 1.00 bits per heavy atom. The molecule has 3 aromatic rings. The lowest BCUT2D eigenvalue weighted by Gasteiger charge is -2.31. The van der Waals surface area contributed by atoms with Gasteiger partial charge >= 0.3 is 5.69 Å². The van der Waals surface area contributed by atoms with Gasteiger partial charge in [0.15, 0.2) is 0 Å². The number of carbonyl (C=O) groups is 1. The van der Waals surface area contributed by atoms with E-state index in [0.717, 1.165) is 30.5 Å². The SMILES string of the molecule is CN1CCN(S(=O)(=O)c2ccc(Cn3c(=O)[nH]c4ccc(NC(=O)C5CCNCC5)cc4c3=O)cc2)CC1. The van der Waals surface area contributed by atoms with E-state index in [0.29, 0.717) is 42.9 Å². The average Bonchev–Trinajstić information content (AvgIpc) is 2.92. The van der Waals surface area contributed by atoms with Gasteiger partial charge in [0.25, 0.3) is 5.56 Å². The number of piperazine rings is 1. The minimum absolute atomic E-state index is 0.0232. The summed E-state index contributed by atoms with van der Waals surface area (Å²) in [5.41, 5.74) is 0.434. The largest absolute Gasteiger partial charge is 0.329 e.